The summed E-state index contributed by atoms with van der Waals surface area (Å²) in [6.07, 6.45) is 8.47. The minimum absolute atomic E-state index is 0.00590. The maximum atomic E-state index is 14.8. The van der Waals surface area contributed by atoms with Crippen molar-refractivity contribution in [1.29, 1.82) is 0 Å². The molecule has 0 unspecified atom stereocenters. The summed E-state index contributed by atoms with van der Waals surface area (Å²) in [5, 5.41) is 25.9. The average molecular weight is 1150 g/mol. The Labute approximate surface area is 487 Å². The van der Waals surface area contributed by atoms with Crippen molar-refractivity contribution in [2.24, 2.45) is 11.3 Å². The Kier molecular flexibility index (Phi) is 22.0. The number of aliphatic hydroxyl groups is 1. The molecule has 3 fully saturated rings. The van der Waals surface area contributed by atoms with E-state index in [1.165, 1.54) is 10.5 Å². The fourth-order valence-electron chi connectivity index (χ4n) is 11.8. The smallest absolute Gasteiger partial charge is 0.246 e. The summed E-state index contributed by atoms with van der Waals surface area (Å²) in [6, 6.07) is 19.5. The lowest BCUT2D eigenvalue weighted by Gasteiger charge is -2.35. The molecule has 444 valence electrons. The number of aliphatic hydroxyl groups excluding tert-OH is 1. The third-order valence-corrected chi connectivity index (χ3v) is 17.5. The maximum absolute atomic E-state index is 14.8. The maximum Gasteiger partial charge on any atom is 0.246 e. The quantitative estimate of drug-likeness (QED) is 0.0365. The molecule has 6 amide bonds. The van der Waals surface area contributed by atoms with Gasteiger partial charge in [0.1, 0.15) is 41.8 Å². The Balaban J connectivity index is 0.773. The number of carbonyl (C=O) groups is 6. The van der Waals surface area contributed by atoms with Gasteiger partial charge in [-0.2, -0.15) is 0 Å². The van der Waals surface area contributed by atoms with Crippen LogP contribution in [0, 0.1) is 18.3 Å². The molecule has 82 heavy (non-hydrogen) atoms. The zero-order valence-corrected chi connectivity index (χ0v) is 49.5. The van der Waals surface area contributed by atoms with Crippen LogP contribution in [0.3, 0.4) is 0 Å². The Morgan fingerprint density at radius 3 is 2.26 bits per heavy atom. The summed E-state index contributed by atoms with van der Waals surface area (Å²) < 4.78 is 18.6. The normalized spacial score (nSPS) is 21.2. The molecule has 2 saturated heterocycles. The van der Waals surface area contributed by atoms with Crippen LogP contribution in [-0.4, -0.2) is 138 Å². The number of likely N-dealkylation sites (N-methyl/N-ethyl adjacent to an activating group) is 1. The number of β-amino-alcohol motifs (C(OH)–C–C–N with tert-alkyl or cyclic N) is 1. The summed E-state index contributed by atoms with van der Waals surface area (Å²) in [5.74, 6) is -0.660. The van der Waals surface area contributed by atoms with Gasteiger partial charge in [-0.15, -0.1) is 11.3 Å². The number of rotatable bonds is 25. The number of aryl methyl sites for hydroxylation is 2. The number of nitrogens with one attached hydrogen (secondary N) is 5. The number of benzene rings is 3. The molecule has 4 aromatic rings. The van der Waals surface area contributed by atoms with Crippen LogP contribution in [0.4, 0.5) is 0 Å². The largest absolute Gasteiger partial charge is 0.493 e. The zero-order chi connectivity index (χ0) is 58.3. The van der Waals surface area contributed by atoms with Crippen molar-refractivity contribution >= 4 is 46.8 Å². The lowest BCUT2D eigenvalue weighted by Crippen LogP contribution is -2.58. The zero-order valence-electron chi connectivity index (χ0n) is 48.7. The molecule has 1 saturated carbocycles. The lowest BCUT2D eigenvalue weighted by atomic mass is 9.83. The van der Waals surface area contributed by atoms with Crippen molar-refractivity contribution in [2.75, 3.05) is 40.0 Å². The van der Waals surface area contributed by atoms with Crippen molar-refractivity contribution < 1.29 is 48.1 Å². The summed E-state index contributed by atoms with van der Waals surface area (Å²) in [6.45, 7) is 11.0. The number of hydrogen-bond acceptors (Lipinski definition) is 13. The highest BCUT2D eigenvalue weighted by Gasteiger charge is 2.47. The van der Waals surface area contributed by atoms with Crippen LogP contribution < -0.4 is 36.1 Å². The second kappa shape index (κ2) is 29.2. The summed E-state index contributed by atoms with van der Waals surface area (Å²) in [7, 11) is 1.72. The number of amides is 6. The van der Waals surface area contributed by atoms with Gasteiger partial charge in [0.15, 0.2) is 0 Å². The molecule has 18 nitrogen and oxygen atoms in total. The number of nitrogens with zero attached hydrogens (tertiary/aromatic N) is 3. The van der Waals surface area contributed by atoms with Gasteiger partial charge >= 0.3 is 0 Å². The number of hydrogen-bond donors (Lipinski definition) is 6. The Morgan fingerprint density at radius 2 is 1.51 bits per heavy atom. The molecule has 0 bridgehead atoms. The van der Waals surface area contributed by atoms with Crippen LogP contribution >= 0.6 is 11.3 Å². The third kappa shape index (κ3) is 16.4. The van der Waals surface area contributed by atoms with Crippen LogP contribution in [0.25, 0.3) is 10.4 Å². The molecule has 3 aromatic carbocycles. The standard InChI is InChI=1S/C63H86N8O10S/c1-40-56(82-39-66-40)45-28-26-42(27-29-45)36-65-59(75)52-33-46(72)37-70(52)62(78)57(63(3,4)5)68-54(73)25-16-31-79-30-12-13-32-80-47-21-15-22-48(34-47)81-49-35-53(60(76)67-51-24-14-20-43-17-10-11-23-50(43)51)71(38-49)61(77)55(44-18-8-7-9-19-44)69-58(74)41(2)64-6/h10-11,15,17,21-23,26-29,34,39,41,44,46,49,51-53,55,57,64,72H,7-9,12-14,16,18-20,24-25,30-33,35-38H2,1-6H3,(H,65,75)(H,67,76)(H,68,73)(H,69,74)/t41-,46+,49-,51+,52-,53-,55-,57+/m0/s1. The summed E-state index contributed by atoms with van der Waals surface area (Å²) in [5.41, 5.74) is 6.38. The second-order valence-corrected chi connectivity index (χ2v) is 24.6. The molecular formula is C63H86N8O10S. The first-order chi connectivity index (χ1) is 39.5. The number of unbranched alkanes of at least 4 members (excludes halogenated alkanes) is 1. The van der Waals surface area contributed by atoms with Crippen molar-refractivity contribution in [1.82, 2.24) is 41.4 Å². The number of aromatic nitrogens is 1. The molecule has 19 heteroatoms. The second-order valence-electron chi connectivity index (χ2n) is 23.7. The highest BCUT2D eigenvalue weighted by molar-refractivity contribution is 7.13. The van der Waals surface area contributed by atoms with Gasteiger partial charge in [-0.05, 0) is 118 Å². The van der Waals surface area contributed by atoms with Gasteiger partial charge in [-0.1, -0.05) is 94.6 Å². The van der Waals surface area contributed by atoms with Crippen molar-refractivity contribution in [3.63, 3.8) is 0 Å². The molecular weight excluding hydrogens is 1060 g/mol. The minimum atomic E-state index is -0.922. The van der Waals surface area contributed by atoms with Crippen LogP contribution in [-0.2, 0) is 46.5 Å². The third-order valence-electron chi connectivity index (χ3n) is 16.5. The van der Waals surface area contributed by atoms with Gasteiger partial charge in [0.2, 0.25) is 35.4 Å². The van der Waals surface area contributed by atoms with Gasteiger partial charge in [-0.25, -0.2) is 4.98 Å². The molecule has 8 atom stereocenters. The van der Waals surface area contributed by atoms with Gasteiger partial charge in [0.05, 0.1) is 47.4 Å². The molecule has 1 aromatic heterocycles. The molecule has 0 spiro atoms. The van der Waals surface area contributed by atoms with Crippen LogP contribution in [0.15, 0.2) is 78.3 Å². The van der Waals surface area contributed by atoms with Gasteiger partial charge in [0.25, 0.3) is 0 Å². The number of carbonyl (C=O) groups excluding carboxylic acids is 6. The number of fused-ring (bicyclic) bond motifs is 1. The first-order valence-corrected chi connectivity index (χ1v) is 30.5. The van der Waals surface area contributed by atoms with E-state index in [9.17, 15) is 33.9 Å². The van der Waals surface area contributed by atoms with Crippen molar-refractivity contribution in [3.05, 3.63) is 101 Å². The van der Waals surface area contributed by atoms with E-state index in [0.717, 1.165) is 85.0 Å². The molecule has 2 aliphatic carbocycles. The summed E-state index contributed by atoms with van der Waals surface area (Å²) in [4.78, 5) is 92.0. The highest BCUT2D eigenvalue weighted by atomic mass is 32.1. The molecule has 3 heterocycles. The summed E-state index contributed by atoms with van der Waals surface area (Å²) >= 11 is 1.57. The van der Waals surface area contributed by atoms with E-state index in [1.807, 2.05) is 93.9 Å². The van der Waals surface area contributed by atoms with Crippen LogP contribution in [0.1, 0.15) is 140 Å². The predicted octanol–water partition coefficient (Wildman–Crippen LogP) is 7.10. The van der Waals surface area contributed by atoms with Gasteiger partial charge in [0, 0.05) is 51.6 Å². The Bertz CT molecular complexity index is 2800. The van der Waals surface area contributed by atoms with E-state index in [-0.39, 0.29) is 80.4 Å². The fraction of sp³-hybridized carbons (Fsp3) is 0.571. The average Bonchev–Trinajstić information content (AvgIpc) is 4.35. The first-order valence-electron chi connectivity index (χ1n) is 29.7. The molecule has 4 aliphatic rings. The number of likely N-dealkylation sites (tertiary alicyclic amines) is 2. The molecule has 2 aliphatic heterocycles. The van der Waals surface area contributed by atoms with E-state index >= 15 is 0 Å². The van der Waals surface area contributed by atoms with Gasteiger partial charge < -0.3 is 55.7 Å². The predicted molar refractivity (Wildman–Crippen MR) is 315 cm³/mol. The highest BCUT2D eigenvalue weighted by Crippen LogP contribution is 2.35. The van der Waals surface area contributed by atoms with E-state index < -0.39 is 53.7 Å². The van der Waals surface area contributed by atoms with E-state index in [0.29, 0.717) is 44.2 Å². The minimum Gasteiger partial charge on any atom is -0.493 e. The topological polar surface area (TPSA) is 230 Å². The molecule has 0 radical (unpaired) electrons. The molecule has 6 N–H and O–H groups in total. The van der Waals surface area contributed by atoms with E-state index in [4.69, 9.17) is 14.2 Å². The van der Waals surface area contributed by atoms with Crippen LogP contribution in [0.2, 0.25) is 0 Å². The van der Waals surface area contributed by atoms with E-state index in [1.54, 1.807) is 30.2 Å². The van der Waals surface area contributed by atoms with Crippen molar-refractivity contribution in [2.45, 2.75) is 180 Å². The Hall–Kier alpha value is -6.41. The molecule has 8 rings (SSSR count). The number of ether oxygens (including phenoxy) is 3. The Morgan fingerprint density at radius 1 is 0.793 bits per heavy atom. The first kappa shape index (κ1) is 61.7. The lowest BCUT2D eigenvalue weighted by molar-refractivity contribution is -0.144. The fourth-order valence-corrected chi connectivity index (χ4v) is 12.6. The monoisotopic (exact) mass is 1150 g/mol. The van der Waals surface area contributed by atoms with Crippen LogP contribution in [0.5, 0.6) is 11.5 Å². The SMILES string of the molecule is CN[C@@H](C)C(=O)N[C@H](C(=O)N1C[C@@H](Oc2cccc(OCCCCOCCCC(=O)N[C@H](C(=O)N3C[C@H](O)C[C@H]3C(=O)NCc3ccc(-c4scnc4C)cc3)C(C)(C)C)c2)C[C@H]1C(=O)N[C@@H]1CCCc2ccccc21)C1CCCCC1. The number of thiazole rings is 1. The van der Waals surface area contributed by atoms with Crippen molar-refractivity contribution in [3.8, 4) is 21.9 Å². The van der Waals surface area contributed by atoms with Gasteiger partial charge in [-0.3, -0.25) is 28.8 Å². The van der Waals surface area contributed by atoms with E-state index in [2.05, 4.69) is 43.7 Å².